The zero-order valence-corrected chi connectivity index (χ0v) is 14.6. The monoisotopic (exact) mass is 341 g/mol. The van der Waals surface area contributed by atoms with Crippen LogP contribution in [0.15, 0.2) is 42.6 Å². The zero-order chi connectivity index (χ0) is 18.1. The Balaban J connectivity index is 1.84. The number of aryl methyl sites for hydroxylation is 1. The average Bonchev–Trinajstić information content (AvgIpc) is 3.04. The van der Waals surface area contributed by atoms with Crippen molar-refractivity contribution in [3.8, 4) is 5.75 Å². The summed E-state index contributed by atoms with van der Waals surface area (Å²) in [5, 5.41) is 7.02. The molecule has 0 bridgehead atoms. The second-order valence-corrected chi connectivity index (χ2v) is 5.69. The van der Waals surface area contributed by atoms with Crippen LogP contribution < -0.4 is 10.1 Å². The van der Waals surface area contributed by atoms with Gasteiger partial charge in [0, 0.05) is 36.9 Å². The van der Waals surface area contributed by atoms with Crippen molar-refractivity contribution in [3.63, 3.8) is 0 Å². The summed E-state index contributed by atoms with van der Waals surface area (Å²) in [5.74, 6) is 1.16. The van der Waals surface area contributed by atoms with Gasteiger partial charge in [-0.1, -0.05) is 18.2 Å². The van der Waals surface area contributed by atoms with Gasteiger partial charge in [-0.25, -0.2) is 0 Å². The van der Waals surface area contributed by atoms with E-state index in [1.54, 1.807) is 30.9 Å². The number of nitrogens with zero attached hydrogens (tertiary/aromatic N) is 2. The highest BCUT2D eigenvalue weighted by Crippen LogP contribution is 2.18. The summed E-state index contributed by atoms with van der Waals surface area (Å²) < 4.78 is 7.00. The van der Waals surface area contributed by atoms with Crippen LogP contribution >= 0.6 is 0 Å². The lowest BCUT2D eigenvalue weighted by molar-refractivity contribution is -0.117. The van der Waals surface area contributed by atoms with E-state index in [1.807, 2.05) is 30.5 Å². The first-order valence-corrected chi connectivity index (χ1v) is 8.23. The number of aromatic nitrogens is 2. The standard InChI is InChI=1S/C19H23N3O3/c1-15(23)7-5-6-13-22-14-12-18(21-22)20-19(24)11-10-16-8-3-4-9-17(16)25-2/h3-4,8-12,14H,5-7,13H2,1-2H3,(H,20,21,24). The van der Waals surface area contributed by atoms with E-state index in [0.29, 0.717) is 18.0 Å². The Bertz CT molecular complexity index is 750. The lowest BCUT2D eigenvalue weighted by Crippen LogP contribution is -2.09. The Labute approximate surface area is 147 Å². The molecule has 0 saturated heterocycles. The first kappa shape index (κ1) is 18.4. The van der Waals surface area contributed by atoms with Crippen molar-refractivity contribution in [2.45, 2.75) is 32.7 Å². The third-order valence-corrected chi connectivity index (χ3v) is 3.61. The molecule has 0 aliphatic carbocycles. The van der Waals surface area contributed by atoms with Crippen molar-refractivity contribution in [1.29, 1.82) is 0 Å². The van der Waals surface area contributed by atoms with Gasteiger partial charge < -0.3 is 14.8 Å². The summed E-state index contributed by atoms with van der Waals surface area (Å²) in [6, 6.07) is 9.22. The molecule has 0 saturated carbocycles. The maximum atomic E-state index is 12.0. The predicted molar refractivity (Wildman–Crippen MR) is 97.4 cm³/mol. The molecule has 0 unspecified atom stereocenters. The largest absolute Gasteiger partial charge is 0.496 e. The SMILES string of the molecule is COc1ccccc1C=CC(=O)Nc1ccn(CCCCC(C)=O)n1. The molecule has 0 radical (unpaired) electrons. The molecule has 0 fully saturated rings. The minimum atomic E-state index is -0.257. The first-order chi connectivity index (χ1) is 12.1. The van der Waals surface area contributed by atoms with Crippen LogP contribution in [-0.4, -0.2) is 28.6 Å². The average molecular weight is 341 g/mol. The summed E-state index contributed by atoms with van der Waals surface area (Å²) in [5.41, 5.74) is 0.830. The first-order valence-electron chi connectivity index (χ1n) is 8.23. The fourth-order valence-electron chi connectivity index (χ4n) is 2.34. The number of rotatable bonds is 9. The van der Waals surface area contributed by atoms with Crippen LogP contribution in [0.1, 0.15) is 31.7 Å². The number of carbonyl (C=O) groups excluding carboxylic acids is 2. The molecule has 132 valence electrons. The normalized spacial score (nSPS) is 10.8. The van der Waals surface area contributed by atoms with Crippen molar-refractivity contribution < 1.29 is 14.3 Å². The molecule has 1 N–H and O–H groups in total. The van der Waals surface area contributed by atoms with Crippen LogP contribution in [0.2, 0.25) is 0 Å². The number of hydrogen-bond donors (Lipinski definition) is 1. The molecular formula is C19H23N3O3. The van der Waals surface area contributed by atoms with Gasteiger partial charge in [0.05, 0.1) is 7.11 Å². The molecule has 6 heteroatoms. The summed E-state index contributed by atoms with van der Waals surface area (Å²) in [6.07, 6.45) is 7.28. The number of benzene rings is 1. The summed E-state index contributed by atoms with van der Waals surface area (Å²) in [6.45, 7) is 2.32. The van der Waals surface area contributed by atoms with Crippen LogP contribution in [0.3, 0.4) is 0 Å². The number of hydrogen-bond acceptors (Lipinski definition) is 4. The van der Waals surface area contributed by atoms with Crippen molar-refractivity contribution in [1.82, 2.24) is 9.78 Å². The zero-order valence-electron chi connectivity index (χ0n) is 14.6. The van der Waals surface area contributed by atoms with E-state index in [-0.39, 0.29) is 11.7 Å². The maximum absolute atomic E-state index is 12.0. The van der Waals surface area contributed by atoms with E-state index in [0.717, 1.165) is 24.9 Å². The van der Waals surface area contributed by atoms with Crippen molar-refractivity contribution in [2.75, 3.05) is 12.4 Å². The Kier molecular flexibility index (Phi) is 6.95. The second-order valence-electron chi connectivity index (χ2n) is 5.69. The van der Waals surface area contributed by atoms with E-state index in [2.05, 4.69) is 10.4 Å². The fourth-order valence-corrected chi connectivity index (χ4v) is 2.34. The number of amides is 1. The van der Waals surface area contributed by atoms with Gasteiger partial charge in [-0.15, -0.1) is 0 Å². The number of unbranched alkanes of at least 4 members (excludes halogenated alkanes) is 1. The van der Waals surface area contributed by atoms with Gasteiger partial charge in [0.1, 0.15) is 11.5 Å². The van der Waals surface area contributed by atoms with Crippen LogP contribution in [-0.2, 0) is 16.1 Å². The molecule has 1 aromatic carbocycles. The van der Waals surface area contributed by atoms with Crippen LogP contribution in [0.5, 0.6) is 5.75 Å². The topological polar surface area (TPSA) is 73.2 Å². The molecule has 2 aromatic rings. The molecule has 0 aliphatic heterocycles. The van der Waals surface area contributed by atoms with Crippen molar-refractivity contribution in [2.24, 2.45) is 0 Å². The molecule has 1 aromatic heterocycles. The number of ether oxygens (including phenoxy) is 1. The molecule has 6 nitrogen and oxygen atoms in total. The third kappa shape index (κ3) is 6.25. The number of para-hydroxylation sites is 1. The number of nitrogens with one attached hydrogen (secondary N) is 1. The molecular weight excluding hydrogens is 318 g/mol. The predicted octanol–water partition coefficient (Wildman–Crippen LogP) is 3.30. The quantitative estimate of drug-likeness (QED) is 0.561. The minimum Gasteiger partial charge on any atom is -0.496 e. The Morgan fingerprint density at radius 2 is 2.04 bits per heavy atom. The highest BCUT2D eigenvalue weighted by atomic mass is 16.5. The van der Waals surface area contributed by atoms with Gasteiger partial charge in [0.15, 0.2) is 5.82 Å². The Morgan fingerprint density at radius 3 is 2.80 bits per heavy atom. The van der Waals surface area contributed by atoms with Gasteiger partial charge >= 0.3 is 0 Å². The third-order valence-electron chi connectivity index (χ3n) is 3.61. The smallest absolute Gasteiger partial charge is 0.249 e. The van der Waals surface area contributed by atoms with Gasteiger partial charge in [-0.2, -0.15) is 5.10 Å². The maximum Gasteiger partial charge on any atom is 0.249 e. The number of Topliss-reactive ketones (excluding diaryl/α,β-unsaturated/α-hetero) is 1. The van der Waals surface area contributed by atoms with Crippen molar-refractivity contribution >= 4 is 23.6 Å². The van der Waals surface area contributed by atoms with E-state index in [1.165, 1.54) is 6.08 Å². The Morgan fingerprint density at radius 1 is 1.24 bits per heavy atom. The number of methoxy groups -OCH3 is 1. The summed E-state index contributed by atoms with van der Waals surface area (Å²) in [7, 11) is 1.59. The molecule has 0 spiro atoms. The highest BCUT2D eigenvalue weighted by molar-refractivity contribution is 6.01. The van der Waals surface area contributed by atoms with Gasteiger partial charge in [-0.05, 0) is 31.9 Å². The Hall–Kier alpha value is -2.89. The number of anilines is 1. The lowest BCUT2D eigenvalue weighted by Gasteiger charge is -2.03. The molecule has 1 amide bonds. The van der Waals surface area contributed by atoms with Crippen LogP contribution in [0.4, 0.5) is 5.82 Å². The van der Waals surface area contributed by atoms with E-state index in [4.69, 9.17) is 4.74 Å². The van der Waals surface area contributed by atoms with Crippen LogP contribution in [0.25, 0.3) is 6.08 Å². The summed E-state index contributed by atoms with van der Waals surface area (Å²) in [4.78, 5) is 22.9. The molecule has 1 heterocycles. The molecule has 0 atom stereocenters. The van der Waals surface area contributed by atoms with Crippen LogP contribution in [0, 0.1) is 0 Å². The van der Waals surface area contributed by atoms with E-state index in [9.17, 15) is 9.59 Å². The van der Waals surface area contributed by atoms with Gasteiger partial charge in [0.25, 0.3) is 0 Å². The van der Waals surface area contributed by atoms with Gasteiger partial charge in [0.2, 0.25) is 5.91 Å². The fraction of sp³-hybridized carbons (Fsp3) is 0.316. The minimum absolute atomic E-state index is 0.204. The van der Waals surface area contributed by atoms with E-state index >= 15 is 0 Å². The number of carbonyl (C=O) groups is 2. The molecule has 0 aliphatic rings. The van der Waals surface area contributed by atoms with Crippen molar-refractivity contribution in [3.05, 3.63) is 48.2 Å². The molecule has 25 heavy (non-hydrogen) atoms. The van der Waals surface area contributed by atoms with E-state index < -0.39 is 0 Å². The second kappa shape index (κ2) is 9.42. The summed E-state index contributed by atoms with van der Waals surface area (Å²) >= 11 is 0. The lowest BCUT2D eigenvalue weighted by atomic mass is 10.2. The van der Waals surface area contributed by atoms with Gasteiger partial charge in [-0.3, -0.25) is 9.48 Å². The number of ketones is 1. The molecule has 2 rings (SSSR count). The highest BCUT2D eigenvalue weighted by Gasteiger charge is 2.03.